The summed E-state index contributed by atoms with van der Waals surface area (Å²) in [5.41, 5.74) is 5.22. The van der Waals surface area contributed by atoms with Gasteiger partial charge >= 0.3 is 0 Å². The molecule has 1 aromatic heterocycles. The minimum atomic E-state index is -0.0164. The van der Waals surface area contributed by atoms with E-state index in [1.54, 1.807) is 0 Å². The molecular weight excluding hydrogens is 386 g/mol. The largest absolute Gasteiger partial charge is 0.349 e. The maximum absolute atomic E-state index is 13.5. The van der Waals surface area contributed by atoms with E-state index < -0.39 is 0 Å². The van der Waals surface area contributed by atoms with Crippen LogP contribution in [0.3, 0.4) is 0 Å². The summed E-state index contributed by atoms with van der Waals surface area (Å²) >= 11 is 0. The molecule has 1 heterocycles. The maximum Gasteiger partial charge on any atom is 0.256 e. The van der Waals surface area contributed by atoms with Crippen molar-refractivity contribution in [2.45, 2.75) is 58.2 Å². The van der Waals surface area contributed by atoms with Gasteiger partial charge in [0.25, 0.3) is 11.8 Å². The van der Waals surface area contributed by atoms with Crippen LogP contribution in [0.25, 0.3) is 10.9 Å². The second kappa shape index (κ2) is 7.80. The van der Waals surface area contributed by atoms with Crippen molar-refractivity contribution in [2.75, 3.05) is 0 Å². The molecule has 0 saturated heterocycles. The van der Waals surface area contributed by atoms with E-state index in [9.17, 15) is 9.59 Å². The quantitative estimate of drug-likeness (QED) is 0.645. The smallest absolute Gasteiger partial charge is 0.256 e. The molecule has 0 unspecified atom stereocenters. The summed E-state index contributed by atoms with van der Waals surface area (Å²) in [5, 5.41) is 4.00. The van der Waals surface area contributed by atoms with E-state index in [4.69, 9.17) is 4.98 Å². The Morgan fingerprint density at radius 3 is 2.42 bits per heavy atom. The van der Waals surface area contributed by atoms with Crippen LogP contribution < -0.4 is 5.32 Å². The summed E-state index contributed by atoms with van der Waals surface area (Å²) in [6, 6.07) is 16.3. The Morgan fingerprint density at radius 2 is 1.74 bits per heavy atom. The molecule has 2 aliphatic rings. The fourth-order valence-corrected chi connectivity index (χ4v) is 3.95. The zero-order valence-electron chi connectivity index (χ0n) is 18.0. The first-order valence-corrected chi connectivity index (χ1v) is 11.1. The molecule has 0 aliphatic heterocycles. The van der Waals surface area contributed by atoms with Crippen LogP contribution >= 0.6 is 0 Å². The molecule has 31 heavy (non-hydrogen) atoms. The van der Waals surface area contributed by atoms with E-state index in [-0.39, 0.29) is 17.9 Å². The third kappa shape index (κ3) is 4.31. The first-order chi connectivity index (χ1) is 15.0. The van der Waals surface area contributed by atoms with E-state index in [2.05, 4.69) is 11.4 Å². The summed E-state index contributed by atoms with van der Waals surface area (Å²) in [4.78, 5) is 32.4. The lowest BCUT2D eigenvalue weighted by molar-refractivity contribution is 0.0728. The normalized spacial score (nSPS) is 15.7. The second-order valence-electron chi connectivity index (χ2n) is 8.93. The molecule has 2 saturated carbocycles. The van der Waals surface area contributed by atoms with Crippen LogP contribution in [0.4, 0.5) is 0 Å². The lowest BCUT2D eigenvalue weighted by Gasteiger charge is -2.23. The fraction of sp³-hybridized carbons (Fsp3) is 0.346. The predicted octanol–water partition coefficient (Wildman–Crippen LogP) is 4.55. The van der Waals surface area contributed by atoms with Gasteiger partial charge in [-0.2, -0.15) is 0 Å². The van der Waals surface area contributed by atoms with E-state index in [1.807, 2.05) is 61.2 Å². The Kier molecular flexibility index (Phi) is 4.97. The van der Waals surface area contributed by atoms with E-state index >= 15 is 0 Å². The number of nitrogens with zero attached hydrogens (tertiary/aromatic N) is 2. The Hall–Kier alpha value is -3.21. The number of aryl methyl sites for hydroxylation is 2. The van der Waals surface area contributed by atoms with Crippen LogP contribution in [-0.4, -0.2) is 33.8 Å². The number of pyridine rings is 1. The summed E-state index contributed by atoms with van der Waals surface area (Å²) in [6.45, 7) is 4.50. The molecule has 3 aromatic rings. The summed E-state index contributed by atoms with van der Waals surface area (Å²) < 4.78 is 0. The molecule has 5 nitrogen and oxygen atoms in total. The fourth-order valence-electron chi connectivity index (χ4n) is 3.95. The molecule has 2 amide bonds. The maximum atomic E-state index is 13.5. The molecule has 5 heteroatoms. The summed E-state index contributed by atoms with van der Waals surface area (Å²) in [7, 11) is 0. The van der Waals surface area contributed by atoms with Gasteiger partial charge in [-0.25, -0.2) is 0 Å². The van der Waals surface area contributed by atoms with Gasteiger partial charge in [0.05, 0.1) is 16.8 Å². The number of carbonyl (C=O) groups excluding carboxylic acids is 2. The van der Waals surface area contributed by atoms with Gasteiger partial charge in [0.2, 0.25) is 0 Å². The molecule has 0 atom stereocenters. The number of carbonyl (C=O) groups is 2. The van der Waals surface area contributed by atoms with Crippen LogP contribution in [0.15, 0.2) is 48.5 Å². The van der Waals surface area contributed by atoms with E-state index in [1.165, 1.54) is 0 Å². The molecule has 0 spiro atoms. The number of fused-ring (bicyclic) bond motifs is 1. The standard InChI is InChI=1S/C26H27N3O2/c1-16-3-6-20-14-23(17(2)27-24(20)13-16)26(31)29(22-11-12-22)15-18-4-7-19(8-5-18)25(30)28-21-9-10-21/h3-8,13-14,21-22H,9-12,15H2,1-2H3,(H,28,30). The minimum absolute atomic E-state index is 0.0164. The van der Waals surface area contributed by atoms with Crippen molar-refractivity contribution in [1.82, 2.24) is 15.2 Å². The number of aromatic nitrogens is 1. The van der Waals surface area contributed by atoms with Crippen molar-refractivity contribution in [2.24, 2.45) is 0 Å². The predicted molar refractivity (Wildman–Crippen MR) is 121 cm³/mol. The average Bonchev–Trinajstić information content (AvgIpc) is 3.66. The second-order valence-corrected chi connectivity index (χ2v) is 8.93. The van der Waals surface area contributed by atoms with Crippen molar-refractivity contribution >= 4 is 22.7 Å². The van der Waals surface area contributed by atoms with Crippen LogP contribution in [0, 0.1) is 13.8 Å². The number of benzene rings is 2. The van der Waals surface area contributed by atoms with Gasteiger partial charge in [-0.1, -0.05) is 24.3 Å². The third-order valence-electron chi connectivity index (χ3n) is 6.12. The topological polar surface area (TPSA) is 62.3 Å². The molecule has 1 N–H and O–H groups in total. The Labute approximate surface area is 182 Å². The van der Waals surface area contributed by atoms with Gasteiger partial charge in [-0.3, -0.25) is 14.6 Å². The number of hydrogen-bond acceptors (Lipinski definition) is 3. The van der Waals surface area contributed by atoms with Gasteiger partial charge in [0.15, 0.2) is 0 Å². The van der Waals surface area contributed by atoms with Crippen LogP contribution in [0.1, 0.15) is 63.2 Å². The lowest BCUT2D eigenvalue weighted by Crippen LogP contribution is -2.33. The van der Waals surface area contributed by atoms with E-state index in [0.29, 0.717) is 23.7 Å². The van der Waals surface area contributed by atoms with Gasteiger partial charge in [0, 0.05) is 29.6 Å². The number of rotatable bonds is 6. The molecule has 158 valence electrons. The minimum Gasteiger partial charge on any atom is -0.349 e. The van der Waals surface area contributed by atoms with Crippen molar-refractivity contribution in [3.63, 3.8) is 0 Å². The highest BCUT2D eigenvalue weighted by atomic mass is 16.2. The van der Waals surface area contributed by atoms with E-state index in [0.717, 1.165) is 53.4 Å². The van der Waals surface area contributed by atoms with Crippen molar-refractivity contribution < 1.29 is 9.59 Å². The Bertz CT molecular complexity index is 1160. The van der Waals surface area contributed by atoms with Crippen LogP contribution in [0.2, 0.25) is 0 Å². The molecule has 2 aromatic carbocycles. The van der Waals surface area contributed by atoms with Crippen LogP contribution in [-0.2, 0) is 6.54 Å². The molecule has 5 rings (SSSR count). The Morgan fingerprint density at radius 1 is 1.00 bits per heavy atom. The highest BCUT2D eigenvalue weighted by molar-refractivity contribution is 5.99. The highest BCUT2D eigenvalue weighted by Gasteiger charge is 2.34. The summed E-state index contributed by atoms with van der Waals surface area (Å²) in [6.07, 6.45) is 4.22. The summed E-state index contributed by atoms with van der Waals surface area (Å²) in [5.74, 6) is 0.0165. The first kappa shape index (κ1) is 19.7. The molecule has 0 radical (unpaired) electrons. The first-order valence-electron chi connectivity index (χ1n) is 11.1. The lowest BCUT2D eigenvalue weighted by atomic mass is 10.1. The number of amides is 2. The molecule has 2 aliphatic carbocycles. The number of hydrogen-bond donors (Lipinski definition) is 1. The zero-order valence-corrected chi connectivity index (χ0v) is 18.0. The van der Waals surface area contributed by atoms with Gasteiger partial charge in [-0.15, -0.1) is 0 Å². The van der Waals surface area contributed by atoms with Crippen molar-refractivity contribution in [1.29, 1.82) is 0 Å². The monoisotopic (exact) mass is 413 g/mol. The molecular formula is C26H27N3O2. The van der Waals surface area contributed by atoms with Gasteiger partial charge < -0.3 is 10.2 Å². The molecule has 2 fully saturated rings. The highest BCUT2D eigenvalue weighted by Crippen LogP contribution is 2.31. The van der Waals surface area contributed by atoms with Crippen molar-refractivity contribution in [3.05, 3.63) is 76.5 Å². The van der Waals surface area contributed by atoms with Crippen molar-refractivity contribution in [3.8, 4) is 0 Å². The zero-order chi connectivity index (χ0) is 21.5. The molecule has 0 bridgehead atoms. The number of nitrogens with one attached hydrogen (secondary N) is 1. The Balaban J connectivity index is 1.36. The SMILES string of the molecule is Cc1ccc2cc(C(=O)N(Cc3ccc(C(=O)NC4CC4)cc3)C3CC3)c(C)nc2c1. The van der Waals surface area contributed by atoms with Gasteiger partial charge in [-0.05, 0) is 74.9 Å². The van der Waals surface area contributed by atoms with Gasteiger partial charge in [0.1, 0.15) is 0 Å². The third-order valence-corrected chi connectivity index (χ3v) is 6.12. The van der Waals surface area contributed by atoms with Crippen LogP contribution in [0.5, 0.6) is 0 Å². The average molecular weight is 414 g/mol.